The van der Waals surface area contributed by atoms with Gasteiger partial charge in [-0.2, -0.15) is 0 Å². The Balaban J connectivity index is 2.32. The summed E-state index contributed by atoms with van der Waals surface area (Å²) < 4.78 is 2.17. The van der Waals surface area contributed by atoms with E-state index < -0.39 is 0 Å². The molecule has 0 saturated heterocycles. The number of nitrogens with two attached hydrogens (primary N) is 1. The Bertz CT molecular complexity index is 757. The number of benzene rings is 2. The molecule has 0 aliphatic carbocycles. The average Bonchev–Trinajstić information content (AvgIpc) is 2.80. The smallest absolute Gasteiger partial charge is 0.141 e. The van der Waals surface area contributed by atoms with Crippen molar-refractivity contribution in [2.24, 2.45) is 0 Å². The highest BCUT2D eigenvalue weighted by molar-refractivity contribution is 6.35. The molecule has 0 atom stereocenters. The van der Waals surface area contributed by atoms with Crippen LogP contribution in [0.3, 0.4) is 0 Å². The van der Waals surface area contributed by atoms with Gasteiger partial charge in [-0.05, 0) is 50.2 Å². The molecule has 2 aromatic carbocycles. The molecule has 1 heterocycles. The summed E-state index contributed by atoms with van der Waals surface area (Å²) in [6.07, 6.45) is 0. The van der Waals surface area contributed by atoms with Crippen LogP contribution in [0.5, 0.6) is 0 Å². The van der Waals surface area contributed by atoms with Crippen molar-refractivity contribution in [2.75, 3.05) is 5.73 Å². The van der Waals surface area contributed by atoms with Crippen molar-refractivity contribution in [1.82, 2.24) is 9.55 Å². The van der Waals surface area contributed by atoms with E-state index in [0.717, 1.165) is 33.1 Å². The quantitative estimate of drug-likeness (QED) is 0.704. The van der Waals surface area contributed by atoms with Crippen LogP contribution in [0.15, 0.2) is 42.5 Å². The van der Waals surface area contributed by atoms with Crippen LogP contribution in [0, 0.1) is 0 Å². The highest BCUT2D eigenvalue weighted by Gasteiger charge is 2.16. The minimum atomic E-state index is 0.271. The molecule has 0 aliphatic rings. The summed E-state index contributed by atoms with van der Waals surface area (Å²) in [5, 5.41) is 0.727. The molecule has 0 aliphatic heterocycles. The fourth-order valence-electron chi connectivity index (χ4n) is 2.45. The van der Waals surface area contributed by atoms with Gasteiger partial charge in [-0.25, -0.2) is 4.98 Å². The van der Waals surface area contributed by atoms with Gasteiger partial charge in [-0.15, -0.1) is 0 Å². The monoisotopic (exact) mass is 285 g/mol. The topological polar surface area (TPSA) is 43.8 Å². The number of nitrogens with zero attached hydrogens (tertiary/aromatic N) is 2. The zero-order valence-corrected chi connectivity index (χ0v) is 12.2. The molecule has 0 amide bonds. The van der Waals surface area contributed by atoms with E-state index in [1.54, 1.807) is 0 Å². The number of nitrogen functional groups attached to an aromatic ring is 1. The summed E-state index contributed by atoms with van der Waals surface area (Å²) in [5.41, 5.74) is 9.44. The maximum absolute atomic E-state index is 6.35. The van der Waals surface area contributed by atoms with Crippen molar-refractivity contribution in [1.29, 1.82) is 0 Å². The third kappa shape index (κ3) is 2.04. The highest BCUT2D eigenvalue weighted by atomic mass is 35.5. The minimum Gasteiger partial charge on any atom is -0.399 e. The van der Waals surface area contributed by atoms with Gasteiger partial charge in [0, 0.05) is 17.3 Å². The summed E-state index contributed by atoms with van der Waals surface area (Å²) >= 11 is 6.35. The van der Waals surface area contributed by atoms with Crippen molar-refractivity contribution in [3.8, 4) is 11.4 Å². The number of anilines is 1. The number of imidazole rings is 1. The number of halogens is 1. The molecule has 0 unspecified atom stereocenters. The SMILES string of the molecule is CC(C)n1c(-c2ccc(N)cc2)nc2cccc(Cl)c21. The lowest BCUT2D eigenvalue weighted by atomic mass is 10.2. The van der Waals surface area contributed by atoms with E-state index in [9.17, 15) is 0 Å². The number of hydrogen-bond donors (Lipinski definition) is 1. The predicted molar refractivity (Wildman–Crippen MR) is 85.0 cm³/mol. The Morgan fingerprint density at radius 2 is 1.80 bits per heavy atom. The van der Waals surface area contributed by atoms with E-state index in [4.69, 9.17) is 22.3 Å². The van der Waals surface area contributed by atoms with Crippen LogP contribution in [0.25, 0.3) is 22.4 Å². The molecule has 0 radical (unpaired) electrons. The Kier molecular flexibility index (Phi) is 3.14. The molecule has 0 bridgehead atoms. The summed E-state index contributed by atoms with van der Waals surface area (Å²) in [6.45, 7) is 4.26. The van der Waals surface area contributed by atoms with E-state index in [-0.39, 0.29) is 6.04 Å². The van der Waals surface area contributed by atoms with Crippen molar-refractivity contribution in [3.63, 3.8) is 0 Å². The molecule has 0 fully saturated rings. The van der Waals surface area contributed by atoms with E-state index >= 15 is 0 Å². The fourth-order valence-corrected chi connectivity index (χ4v) is 2.71. The van der Waals surface area contributed by atoms with Crippen molar-refractivity contribution in [3.05, 3.63) is 47.5 Å². The van der Waals surface area contributed by atoms with E-state index in [1.807, 2.05) is 42.5 Å². The molecular formula is C16H16ClN3. The molecule has 3 rings (SSSR count). The zero-order chi connectivity index (χ0) is 14.3. The van der Waals surface area contributed by atoms with Crippen LogP contribution in [0.4, 0.5) is 5.69 Å². The van der Waals surface area contributed by atoms with Gasteiger partial charge in [0.1, 0.15) is 5.82 Å². The second-order valence-corrected chi connectivity index (χ2v) is 5.54. The molecule has 2 N–H and O–H groups in total. The average molecular weight is 286 g/mol. The molecule has 4 heteroatoms. The van der Waals surface area contributed by atoms with Crippen LogP contribution in [0.2, 0.25) is 5.02 Å². The molecule has 0 spiro atoms. The van der Waals surface area contributed by atoms with Gasteiger partial charge in [0.05, 0.1) is 16.1 Å². The van der Waals surface area contributed by atoms with Gasteiger partial charge in [0.25, 0.3) is 0 Å². The Hall–Kier alpha value is -2.00. The summed E-state index contributed by atoms with van der Waals surface area (Å²) in [6, 6.07) is 13.8. The summed E-state index contributed by atoms with van der Waals surface area (Å²) in [5.74, 6) is 0.920. The maximum atomic E-state index is 6.35. The standard InChI is InChI=1S/C16H16ClN3/c1-10(2)20-15-13(17)4-3-5-14(15)19-16(20)11-6-8-12(18)9-7-11/h3-10H,18H2,1-2H3. The number of hydrogen-bond acceptors (Lipinski definition) is 2. The van der Waals surface area contributed by atoms with Crippen LogP contribution < -0.4 is 5.73 Å². The zero-order valence-electron chi connectivity index (χ0n) is 11.5. The number of aromatic nitrogens is 2. The van der Waals surface area contributed by atoms with Gasteiger partial charge < -0.3 is 10.3 Å². The minimum absolute atomic E-state index is 0.271. The van der Waals surface area contributed by atoms with Crippen LogP contribution in [-0.4, -0.2) is 9.55 Å². The van der Waals surface area contributed by atoms with E-state index in [2.05, 4.69) is 18.4 Å². The molecular weight excluding hydrogens is 270 g/mol. The summed E-state index contributed by atoms with van der Waals surface area (Å²) in [4.78, 5) is 4.73. The Morgan fingerprint density at radius 1 is 1.10 bits per heavy atom. The normalized spacial score (nSPS) is 11.4. The predicted octanol–water partition coefficient (Wildman–Crippen LogP) is 4.52. The number of rotatable bonds is 2. The van der Waals surface area contributed by atoms with Crippen molar-refractivity contribution in [2.45, 2.75) is 19.9 Å². The number of para-hydroxylation sites is 1. The second-order valence-electron chi connectivity index (χ2n) is 5.13. The van der Waals surface area contributed by atoms with Gasteiger partial charge in [0.2, 0.25) is 0 Å². The van der Waals surface area contributed by atoms with Crippen LogP contribution in [-0.2, 0) is 0 Å². The van der Waals surface area contributed by atoms with Gasteiger partial charge in [0.15, 0.2) is 0 Å². The van der Waals surface area contributed by atoms with Gasteiger partial charge in [-0.1, -0.05) is 17.7 Å². The third-order valence-electron chi connectivity index (χ3n) is 3.35. The van der Waals surface area contributed by atoms with Crippen LogP contribution >= 0.6 is 11.6 Å². The lowest BCUT2D eigenvalue weighted by Gasteiger charge is -2.14. The Morgan fingerprint density at radius 3 is 2.45 bits per heavy atom. The lowest BCUT2D eigenvalue weighted by Crippen LogP contribution is -2.03. The van der Waals surface area contributed by atoms with Crippen molar-refractivity contribution >= 4 is 28.3 Å². The van der Waals surface area contributed by atoms with E-state index in [1.165, 1.54) is 0 Å². The molecule has 0 saturated carbocycles. The van der Waals surface area contributed by atoms with E-state index in [0.29, 0.717) is 0 Å². The van der Waals surface area contributed by atoms with Crippen molar-refractivity contribution < 1.29 is 0 Å². The fraction of sp³-hybridized carbons (Fsp3) is 0.188. The molecule has 3 nitrogen and oxygen atoms in total. The summed E-state index contributed by atoms with van der Waals surface area (Å²) in [7, 11) is 0. The first-order valence-corrected chi connectivity index (χ1v) is 6.98. The molecule has 102 valence electrons. The largest absolute Gasteiger partial charge is 0.399 e. The van der Waals surface area contributed by atoms with Gasteiger partial charge >= 0.3 is 0 Å². The molecule has 20 heavy (non-hydrogen) atoms. The number of fused-ring (bicyclic) bond motifs is 1. The van der Waals surface area contributed by atoms with Crippen LogP contribution in [0.1, 0.15) is 19.9 Å². The molecule has 3 aromatic rings. The molecule has 1 aromatic heterocycles. The first kappa shape index (κ1) is 13.0. The first-order chi connectivity index (χ1) is 9.58. The second kappa shape index (κ2) is 4.84. The third-order valence-corrected chi connectivity index (χ3v) is 3.65. The lowest BCUT2D eigenvalue weighted by molar-refractivity contribution is 0.624. The Labute approximate surface area is 123 Å². The van der Waals surface area contributed by atoms with Gasteiger partial charge in [-0.3, -0.25) is 0 Å². The maximum Gasteiger partial charge on any atom is 0.141 e. The highest BCUT2D eigenvalue weighted by Crippen LogP contribution is 2.32. The first-order valence-electron chi connectivity index (χ1n) is 6.60.